The molecule has 0 aliphatic heterocycles. The van der Waals surface area contributed by atoms with Crippen LogP contribution in [-0.2, 0) is 30.5 Å². The van der Waals surface area contributed by atoms with Gasteiger partial charge in [-0.25, -0.2) is 4.79 Å². The third-order valence-corrected chi connectivity index (χ3v) is 5.90. The van der Waals surface area contributed by atoms with Gasteiger partial charge in [0.25, 0.3) is 0 Å². The number of nitrogens with one attached hydrogen (secondary N) is 3. The monoisotopic (exact) mass is 423 g/mol. The Hall–Kier alpha value is -3.18. The molecule has 7 nitrogen and oxygen atoms in total. The summed E-state index contributed by atoms with van der Waals surface area (Å²) in [5.74, 6) is -0.116. The van der Waals surface area contributed by atoms with Crippen molar-refractivity contribution in [1.29, 1.82) is 5.26 Å². The van der Waals surface area contributed by atoms with Crippen molar-refractivity contribution >= 4 is 35.3 Å². The summed E-state index contributed by atoms with van der Waals surface area (Å²) >= 11 is 1.24. The first kappa shape index (κ1) is 21.5. The summed E-state index contributed by atoms with van der Waals surface area (Å²) in [6.45, 7) is 1.47. The Labute approximate surface area is 180 Å². The van der Waals surface area contributed by atoms with Crippen LogP contribution >= 0.6 is 11.9 Å². The van der Waals surface area contributed by atoms with Crippen LogP contribution < -0.4 is 21.1 Å². The van der Waals surface area contributed by atoms with Crippen molar-refractivity contribution in [3.8, 4) is 6.19 Å². The van der Waals surface area contributed by atoms with E-state index >= 15 is 0 Å². The van der Waals surface area contributed by atoms with E-state index in [2.05, 4.69) is 27.2 Å². The summed E-state index contributed by atoms with van der Waals surface area (Å²) < 4.78 is 2.86. The molecule has 0 aromatic heterocycles. The van der Waals surface area contributed by atoms with Crippen LogP contribution in [0.3, 0.4) is 0 Å². The lowest BCUT2D eigenvalue weighted by molar-refractivity contribution is -0.114. The molecule has 156 valence electrons. The molecule has 2 aliphatic rings. The Balaban J connectivity index is 0.000000806. The molecule has 5 N–H and O–H groups in total. The molecule has 0 atom stereocenters. The van der Waals surface area contributed by atoms with Crippen LogP contribution in [0.1, 0.15) is 42.0 Å². The van der Waals surface area contributed by atoms with Gasteiger partial charge in [0, 0.05) is 23.2 Å². The van der Waals surface area contributed by atoms with E-state index < -0.39 is 0 Å². The molecule has 0 heterocycles. The lowest BCUT2D eigenvalue weighted by Gasteiger charge is -2.16. The van der Waals surface area contributed by atoms with Gasteiger partial charge in [-0.05, 0) is 90.9 Å². The van der Waals surface area contributed by atoms with E-state index in [1.54, 1.807) is 0 Å². The Bertz CT molecular complexity index is 968. The Morgan fingerprint density at radius 2 is 1.67 bits per heavy atom. The highest BCUT2D eigenvalue weighted by molar-refractivity contribution is 7.98. The molecule has 0 saturated heterocycles. The maximum atomic E-state index is 12.5. The number of anilines is 2. The van der Waals surface area contributed by atoms with Gasteiger partial charge in [0.2, 0.25) is 5.91 Å². The van der Waals surface area contributed by atoms with E-state index in [4.69, 9.17) is 5.26 Å². The maximum Gasteiger partial charge on any atom is 0.329 e. The summed E-state index contributed by atoms with van der Waals surface area (Å²) in [6.07, 6.45) is 7.90. The lowest BCUT2D eigenvalue weighted by atomic mass is 9.99. The van der Waals surface area contributed by atoms with Gasteiger partial charge < -0.3 is 16.4 Å². The van der Waals surface area contributed by atoms with Gasteiger partial charge in [-0.1, -0.05) is 12.1 Å². The maximum absolute atomic E-state index is 12.5. The fraction of sp³-hybridized carbons (Fsp3) is 0.318. The minimum Gasteiger partial charge on any atom is -0.337 e. The molecule has 4 rings (SSSR count). The lowest BCUT2D eigenvalue weighted by Crippen LogP contribution is -2.24. The van der Waals surface area contributed by atoms with E-state index in [0.29, 0.717) is 5.69 Å². The molecule has 2 aliphatic carbocycles. The van der Waals surface area contributed by atoms with Crippen molar-refractivity contribution in [3.63, 3.8) is 0 Å². The number of carbonyl (C=O) groups is 2. The Morgan fingerprint density at radius 1 is 1.03 bits per heavy atom. The summed E-state index contributed by atoms with van der Waals surface area (Å²) in [4.78, 5) is 24.6. The SMILES string of the molecule is CC(=O)Nc1cccc(SNC(=O)Nc2c3c(cc4c2CCC4)CCC3)c1.N#CN. The van der Waals surface area contributed by atoms with Crippen molar-refractivity contribution in [2.24, 2.45) is 5.73 Å². The first-order chi connectivity index (χ1) is 14.5. The molecule has 2 aromatic carbocycles. The topological polar surface area (TPSA) is 120 Å². The first-order valence-corrected chi connectivity index (χ1v) is 10.7. The van der Waals surface area contributed by atoms with Crippen LogP contribution in [0.25, 0.3) is 0 Å². The number of hydrogen-bond acceptors (Lipinski definition) is 5. The third-order valence-electron chi connectivity index (χ3n) is 5.13. The molecule has 0 saturated carbocycles. The van der Waals surface area contributed by atoms with Crippen molar-refractivity contribution in [1.82, 2.24) is 4.72 Å². The molecule has 0 radical (unpaired) electrons. The van der Waals surface area contributed by atoms with Gasteiger partial charge in [-0.3, -0.25) is 9.52 Å². The molecule has 0 unspecified atom stereocenters. The molecule has 0 spiro atoms. The Morgan fingerprint density at radius 3 is 2.27 bits per heavy atom. The highest BCUT2D eigenvalue weighted by Crippen LogP contribution is 2.38. The van der Waals surface area contributed by atoms with Crippen molar-refractivity contribution < 1.29 is 9.59 Å². The van der Waals surface area contributed by atoms with E-state index in [0.717, 1.165) is 36.3 Å². The van der Waals surface area contributed by atoms with Crippen molar-refractivity contribution in [2.75, 3.05) is 10.6 Å². The van der Waals surface area contributed by atoms with E-state index in [1.165, 1.54) is 60.2 Å². The zero-order chi connectivity index (χ0) is 21.5. The fourth-order valence-electron chi connectivity index (χ4n) is 4.05. The highest BCUT2D eigenvalue weighted by Gasteiger charge is 2.24. The van der Waals surface area contributed by atoms with Gasteiger partial charge in [-0.2, -0.15) is 5.26 Å². The van der Waals surface area contributed by atoms with Crippen LogP contribution in [-0.4, -0.2) is 11.9 Å². The van der Waals surface area contributed by atoms with Crippen molar-refractivity contribution in [3.05, 3.63) is 52.6 Å². The molecule has 8 heteroatoms. The number of aryl methyl sites for hydroxylation is 2. The first-order valence-electron chi connectivity index (χ1n) is 9.89. The standard InChI is InChI=1S/C21H23N3O2S.CH2N2/c1-13(25)22-16-7-4-8-17(12-16)27-24-21(26)23-20-18-9-2-5-14(18)11-15-6-3-10-19(15)20;2-1-3/h4,7-8,11-12H,2-3,5-6,9-10H2,1H3,(H,22,25)(H2,23,24,26);2H2. The normalized spacial score (nSPS) is 13.2. The third kappa shape index (κ3) is 5.24. The van der Waals surface area contributed by atoms with Gasteiger partial charge in [-0.15, -0.1) is 0 Å². The van der Waals surface area contributed by atoms with Gasteiger partial charge in [0.15, 0.2) is 6.19 Å². The summed E-state index contributed by atoms with van der Waals surface area (Å²) in [7, 11) is 0. The predicted octanol–water partition coefficient (Wildman–Crippen LogP) is 3.88. The molecular formula is C22H25N5O2S. The fourth-order valence-corrected chi connectivity index (χ4v) is 4.65. The van der Waals surface area contributed by atoms with Crippen LogP contribution in [0.4, 0.5) is 16.2 Å². The molecule has 2 aromatic rings. The number of hydrogen-bond donors (Lipinski definition) is 4. The van der Waals surface area contributed by atoms with E-state index in [-0.39, 0.29) is 11.9 Å². The average molecular weight is 424 g/mol. The number of benzene rings is 2. The quantitative estimate of drug-likeness (QED) is 0.338. The second-order valence-electron chi connectivity index (χ2n) is 7.23. The van der Waals surface area contributed by atoms with Gasteiger partial charge in [0.1, 0.15) is 0 Å². The van der Waals surface area contributed by atoms with Gasteiger partial charge in [0.05, 0.1) is 0 Å². The minimum atomic E-state index is -0.209. The van der Waals surface area contributed by atoms with E-state index in [9.17, 15) is 9.59 Å². The van der Waals surface area contributed by atoms with Crippen LogP contribution in [0, 0.1) is 11.5 Å². The Kier molecular flexibility index (Phi) is 7.20. The van der Waals surface area contributed by atoms with E-state index in [1.807, 2.05) is 24.3 Å². The predicted molar refractivity (Wildman–Crippen MR) is 119 cm³/mol. The molecule has 3 amide bonds. The summed E-state index contributed by atoms with van der Waals surface area (Å²) in [5.41, 5.74) is 11.4. The van der Waals surface area contributed by atoms with Crippen LogP contribution in [0.15, 0.2) is 35.2 Å². The second-order valence-corrected chi connectivity index (χ2v) is 8.11. The number of carbonyl (C=O) groups excluding carboxylic acids is 2. The number of fused-ring (bicyclic) bond motifs is 2. The number of nitrogens with zero attached hydrogens (tertiary/aromatic N) is 1. The number of urea groups is 1. The second kappa shape index (κ2) is 10.0. The number of nitriles is 1. The number of rotatable bonds is 4. The molecule has 0 fully saturated rings. The van der Waals surface area contributed by atoms with Crippen LogP contribution in [0.5, 0.6) is 0 Å². The highest BCUT2D eigenvalue weighted by atomic mass is 32.2. The smallest absolute Gasteiger partial charge is 0.329 e. The van der Waals surface area contributed by atoms with Crippen molar-refractivity contribution in [2.45, 2.75) is 50.3 Å². The molecule has 0 bridgehead atoms. The molecular weight excluding hydrogens is 398 g/mol. The van der Waals surface area contributed by atoms with Gasteiger partial charge >= 0.3 is 6.03 Å². The zero-order valence-electron chi connectivity index (χ0n) is 16.9. The summed E-state index contributed by atoms with van der Waals surface area (Å²) in [5, 5.41) is 13.0. The largest absolute Gasteiger partial charge is 0.337 e. The molecule has 30 heavy (non-hydrogen) atoms. The van der Waals surface area contributed by atoms with Crippen LogP contribution in [0.2, 0.25) is 0 Å². The minimum absolute atomic E-state index is 0.116. The number of amides is 3. The zero-order valence-corrected chi connectivity index (χ0v) is 17.7. The average Bonchev–Trinajstić information content (AvgIpc) is 3.36. The number of nitrogens with two attached hydrogens (primary N) is 1. The summed E-state index contributed by atoms with van der Waals surface area (Å²) in [6, 6.07) is 9.56.